The third kappa shape index (κ3) is 2.73. The Bertz CT molecular complexity index is 920. The quantitative estimate of drug-likeness (QED) is 0.780. The molecule has 24 heavy (non-hydrogen) atoms. The van der Waals surface area contributed by atoms with Crippen molar-refractivity contribution in [1.82, 2.24) is 0 Å². The summed E-state index contributed by atoms with van der Waals surface area (Å²) in [7, 11) is 0. The van der Waals surface area contributed by atoms with Gasteiger partial charge in [0.1, 0.15) is 5.75 Å². The Labute approximate surface area is 141 Å². The zero-order valence-electron chi connectivity index (χ0n) is 13.6. The second-order valence-electron chi connectivity index (χ2n) is 6.27. The van der Waals surface area contributed by atoms with Gasteiger partial charge in [-0.1, -0.05) is 36.4 Å². The first kappa shape index (κ1) is 14.8. The predicted octanol–water partition coefficient (Wildman–Crippen LogP) is 4.26. The van der Waals surface area contributed by atoms with Crippen LogP contribution in [0.3, 0.4) is 0 Å². The van der Waals surface area contributed by atoms with Gasteiger partial charge in [-0.3, -0.25) is 4.79 Å². The summed E-state index contributed by atoms with van der Waals surface area (Å²) in [6, 6.07) is 18.1. The van der Waals surface area contributed by atoms with Gasteiger partial charge in [-0.2, -0.15) is 0 Å². The molecule has 0 radical (unpaired) electrons. The summed E-state index contributed by atoms with van der Waals surface area (Å²) in [4.78, 5) is 12.3. The minimum absolute atomic E-state index is 0.00634. The standard InChI is InChI=1S/C21H19NO2/c1-14-4-2-6-17(12-14)24-13-20(23)22-19-11-10-16-9-8-15-5-3-7-18(19)21(15)16/h2-7,10-12H,8-9,13H2,1H3,(H,22,23). The largest absolute Gasteiger partial charge is 0.484 e. The van der Waals surface area contributed by atoms with E-state index in [1.807, 2.05) is 37.3 Å². The number of anilines is 1. The van der Waals surface area contributed by atoms with Gasteiger partial charge in [0.25, 0.3) is 5.91 Å². The van der Waals surface area contributed by atoms with E-state index in [4.69, 9.17) is 4.74 Å². The molecule has 0 unspecified atom stereocenters. The molecule has 120 valence electrons. The normalized spacial score (nSPS) is 12.4. The second-order valence-corrected chi connectivity index (χ2v) is 6.27. The molecule has 0 saturated heterocycles. The summed E-state index contributed by atoms with van der Waals surface area (Å²) in [6.45, 7) is 2.01. The Morgan fingerprint density at radius 2 is 1.83 bits per heavy atom. The van der Waals surface area contributed by atoms with Crippen molar-refractivity contribution in [1.29, 1.82) is 0 Å². The van der Waals surface area contributed by atoms with E-state index in [2.05, 4.69) is 29.6 Å². The highest BCUT2D eigenvalue weighted by atomic mass is 16.5. The zero-order chi connectivity index (χ0) is 16.5. The predicted molar refractivity (Wildman–Crippen MR) is 96.7 cm³/mol. The number of amides is 1. The van der Waals surface area contributed by atoms with Crippen molar-refractivity contribution in [3.63, 3.8) is 0 Å². The van der Waals surface area contributed by atoms with E-state index in [0.29, 0.717) is 5.75 Å². The molecule has 0 atom stereocenters. The second kappa shape index (κ2) is 6.00. The molecule has 0 bridgehead atoms. The van der Waals surface area contributed by atoms with E-state index in [1.165, 1.54) is 16.5 Å². The van der Waals surface area contributed by atoms with E-state index < -0.39 is 0 Å². The number of nitrogens with one attached hydrogen (secondary N) is 1. The number of carbonyl (C=O) groups is 1. The van der Waals surface area contributed by atoms with Crippen LogP contribution in [0.2, 0.25) is 0 Å². The molecule has 4 rings (SSSR count). The number of hydrogen-bond acceptors (Lipinski definition) is 2. The Balaban J connectivity index is 1.51. The molecule has 3 aromatic carbocycles. The zero-order valence-corrected chi connectivity index (χ0v) is 13.6. The Morgan fingerprint density at radius 3 is 2.67 bits per heavy atom. The van der Waals surface area contributed by atoms with Crippen LogP contribution >= 0.6 is 0 Å². The van der Waals surface area contributed by atoms with Crippen LogP contribution in [0, 0.1) is 6.92 Å². The van der Waals surface area contributed by atoms with Crippen molar-refractivity contribution in [2.45, 2.75) is 19.8 Å². The van der Waals surface area contributed by atoms with Gasteiger partial charge < -0.3 is 10.1 Å². The van der Waals surface area contributed by atoms with Gasteiger partial charge >= 0.3 is 0 Å². The smallest absolute Gasteiger partial charge is 0.262 e. The molecule has 1 aliphatic rings. The summed E-state index contributed by atoms with van der Waals surface area (Å²) >= 11 is 0. The highest BCUT2D eigenvalue weighted by Gasteiger charge is 2.16. The Kier molecular flexibility index (Phi) is 3.69. The van der Waals surface area contributed by atoms with Crippen molar-refractivity contribution in [3.8, 4) is 5.75 Å². The molecular formula is C21H19NO2. The van der Waals surface area contributed by atoms with Gasteiger partial charge in [0.05, 0.1) is 0 Å². The van der Waals surface area contributed by atoms with Crippen LogP contribution < -0.4 is 10.1 Å². The molecule has 0 fully saturated rings. The van der Waals surface area contributed by atoms with Gasteiger partial charge in [0.15, 0.2) is 6.61 Å². The van der Waals surface area contributed by atoms with Crippen LogP contribution in [0.25, 0.3) is 10.8 Å². The lowest BCUT2D eigenvalue weighted by Gasteiger charge is -2.11. The van der Waals surface area contributed by atoms with Gasteiger partial charge in [-0.25, -0.2) is 0 Å². The summed E-state index contributed by atoms with van der Waals surface area (Å²) < 4.78 is 5.58. The monoisotopic (exact) mass is 317 g/mol. The average Bonchev–Trinajstić information content (AvgIpc) is 3.01. The van der Waals surface area contributed by atoms with Crippen molar-refractivity contribution >= 4 is 22.4 Å². The topological polar surface area (TPSA) is 38.3 Å². The number of benzene rings is 3. The summed E-state index contributed by atoms with van der Waals surface area (Å²) in [5.74, 6) is 0.570. The van der Waals surface area contributed by atoms with E-state index in [9.17, 15) is 4.79 Å². The molecule has 1 aliphatic carbocycles. The van der Waals surface area contributed by atoms with Crippen LogP contribution in [0.15, 0.2) is 54.6 Å². The summed E-state index contributed by atoms with van der Waals surface area (Å²) in [6.07, 6.45) is 2.17. The molecule has 0 aliphatic heterocycles. The third-order valence-corrected chi connectivity index (χ3v) is 4.51. The lowest BCUT2D eigenvalue weighted by molar-refractivity contribution is -0.118. The van der Waals surface area contributed by atoms with Crippen molar-refractivity contribution in [2.24, 2.45) is 0 Å². The first-order valence-corrected chi connectivity index (χ1v) is 8.23. The molecule has 3 nitrogen and oxygen atoms in total. The average molecular weight is 317 g/mol. The Morgan fingerprint density at radius 1 is 1.04 bits per heavy atom. The molecule has 1 amide bonds. The summed E-state index contributed by atoms with van der Waals surface area (Å²) in [5.41, 5.74) is 4.71. The van der Waals surface area contributed by atoms with Gasteiger partial charge in [-0.05, 0) is 60.0 Å². The first-order chi connectivity index (χ1) is 11.7. The van der Waals surface area contributed by atoms with Gasteiger partial charge in [0.2, 0.25) is 0 Å². The van der Waals surface area contributed by atoms with Crippen molar-refractivity contribution < 1.29 is 9.53 Å². The van der Waals surface area contributed by atoms with Gasteiger partial charge in [-0.15, -0.1) is 0 Å². The minimum atomic E-state index is -0.143. The first-order valence-electron chi connectivity index (χ1n) is 8.23. The van der Waals surface area contributed by atoms with Crippen LogP contribution in [-0.4, -0.2) is 12.5 Å². The van der Waals surface area contributed by atoms with Crippen LogP contribution in [0.5, 0.6) is 5.75 Å². The molecular weight excluding hydrogens is 298 g/mol. The van der Waals surface area contributed by atoms with E-state index >= 15 is 0 Å². The van der Waals surface area contributed by atoms with E-state index in [1.54, 1.807) is 0 Å². The fraction of sp³-hybridized carbons (Fsp3) is 0.190. The van der Waals surface area contributed by atoms with Crippen LogP contribution in [-0.2, 0) is 17.6 Å². The molecule has 3 heteroatoms. The maximum atomic E-state index is 12.3. The van der Waals surface area contributed by atoms with Crippen molar-refractivity contribution in [2.75, 3.05) is 11.9 Å². The fourth-order valence-corrected chi connectivity index (χ4v) is 3.40. The fourth-order valence-electron chi connectivity index (χ4n) is 3.40. The highest BCUT2D eigenvalue weighted by Crippen LogP contribution is 2.34. The molecule has 1 N–H and O–H groups in total. The van der Waals surface area contributed by atoms with E-state index in [-0.39, 0.29) is 12.5 Å². The van der Waals surface area contributed by atoms with E-state index in [0.717, 1.165) is 29.5 Å². The van der Waals surface area contributed by atoms with Crippen molar-refractivity contribution in [3.05, 3.63) is 71.3 Å². The molecule has 0 aromatic heterocycles. The molecule has 0 saturated carbocycles. The number of rotatable bonds is 4. The summed E-state index contributed by atoms with van der Waals surface area (Å²) in [5, 5.41) is 5.41. The third-order valence-electron chi connectivity index (χ3n) is 4.51. The highest BCUT2D eigenvalue weighted by molar-refractivity contribution is 6.05. The lowest BCUT2D eigenvalue weighted by atomic mass is 10.0. The molecule has 0 spiro atoms. The SMILES string of the molecule is Cc1cccc(OCC(=O)Nc2ccc3c4c(cccc24)CC3)c1. The lowest BCUT2D eigenvalue weighted by Crippen LogP contribution is -2.20. The van der Waals surface area contributed by atoms with Crippen LogP contribution in [0.4, 0.5) is 5.69 Å². The Hall–Kier alpha value is -2.81. The van der Waals surface area contributed by atoms with Gasteiger partial charge in [0, 0.05) is 11.1 Å². The maximum absolute atomic E-state index is 12.3. The molecule has 3 aromatic rings. The number of carbonyl (C=O) groups excluding carboxylic acids is 1. The number of hydrogen-bond donors (Lipinski definition) is 1. The maximum Gasteiger partial charge on any atom is 0.262 e. The minimum Gasteiger partial charge on any atom is -0.484 e. The van der Waals surface area contributed by atoms with Crippen LogP contribution in [0.1, 0.15) is 16.7 Å². The number of aryl methyl sites for hydroxylation is 3. The number of ether oxygens (including phenoxy) is 1. The molecule has 0 heterocycles.